The third-order valence-electron chi connectivity index (χ3n) is 3.83. The maximum Gasteiger partial charge on any atom is 0.358 e. The van der Waals surface area contributed by atoms with E-state index in [0.717, 1.165) is 22.6 Å². The minimum atomic E-state index is -0.413. The quantitative estimate of drug-likeness (QED) is 0.643. The fourth-order valence-electron chi connectivity index (χ4n) is 2.59. The number of hydrogen-bond acceptors (Lipinski definition) is 4. The smallest absolute Gasteiger partial charge is 0.358 e. The zero-order chi connectivity index (χ0) is 17.6. The number of methoxy groups -OCH3 is 1. The molecule has 0 spiro atoms. The molecule has 0 atom stereocenters. The summed E-state index contributed by atoms with van der Waals surface area (Å²) in [5.74, 6) is 0.368. The van der Waals surface area contributed by atoms with Crippen LogP contribution in [-0.4, -0.2) is 29.5 Å². The molecule has 0 N–H and O–H groups in total. The van der Waals surface area contributed by atoms with Crippen molar-refractivity contribution in [3.63, 3.8) is 0 Å². The molecule has 0 bridgehead atoms. The predicted molar refractivity (Wildman–Crippen MR) is 95.7 cm³/mol. The van der Waals surface area contributed by atoms with Crippen LogP contribution in [0.15, 0.2) is 60.7 Å². The Balaban J connectivity index is 1.99. The van der Waals surface area contributed by atoms with Crippen LogP contribution in [0, 0.1) is 0 Å². The van der Waals surface area contributed by atoms with Crippen LogP contribution in [0.5, 0.6) is 5.75 Å². The van der Waals surface area contributed by atoms with E-state index >= 15 is 0 Å². The topological polar surface area (TPSA) is 53.4 Å². The van der Waals surface area contributed by atoms with Crippen LogP contribution in [0.3, 0.4) is 0 Å². The van der Waals surface area contributed by atoms with Gasteiger partial charge < -0.3 is 9.47 Å². The van der Waals surface area contributed by atoms with Gasteiger partial charge in [-0.25, -0.2) is 4.79 Å². The maximum atomic E-state index is 12.1. The number of ether oxygens (including phenoxy) is 2. The average molecular weight is 336 g/mol. The summed E-state index contributed by atoms with van der Waals surface area (Å²) >= 11 is 0. The molecule has 128 valence electrons. The van der Waals surface area contributed by atoms with Crippen molar-refractivity contribution < 1.29 is 14.3 Å². The van der Waals surface area contributed by atoms with Crippen molar-refractivity contribution in [2.75, 3.05) is 13.7 Å². The number of benzene rings is 2. The lowest BCUT2D eigenvalue weighted by atomic mass is 10.1. The predicted octanol–water partition coefficient (Wildman–Crippen LogP) is 3.78. The van der Waals surface area contributed by atoms with Gasteiger partial charge in [-0.2, -0.15) is 5.10 Å². The molecule has 3 aromatic rings. The number of carbonyl (C=O) groups excluding carboxylic acids is 1. The minimum Gasteiger partial charge on any atom is -0.497 e. The third-order valence-corrected chi connectivity index (χ3v) is 3.83. The minimum absolute atomic E-state index is 0.309. The zero-order valence-corrected chi connectivity index (χ0v) is 14.3. The Morgan fingerprint density at radius 3 is 2.44 bits per heavy atom. The largest absolute Gasteiger partial charge is 0.497 e. The van der Waals surface area contributed by atoms with Crippen LogP contribution in [0.2, 0.25) is 0 Å². The molecule has 5 heteroatoms. The van der Waals surface area contributed by atoms with E-state index in [9.17, 15) is 4.79 Å². The lowest BCUT2D eigenvalue weighted by Crippen LogP contribution is -2.08. The zero-order valence-electron chi connectivity index (χ0n) is 14.3. The molecule has 2 aromatic carbocycles. The van der Waals surface area contributed by atoms with Crippen LogP contribution in [0.25, 0.3) is 11.3 Å². The summed E-state index contributed by atoms with van der Waals surface area (Å²) in [4.78, 5) is 12.1. The van der Waals surface area contributed by atoms with Gasteiger partial charge in [0.1, 0.15) is 5.75 Å². The van der Waals surface area contributed by atoms with Gasteiger partial charge in [-0.3, -0.25) is 4.68 Å². The second kappa shape index (κ2) is 7.66. The van der Waals surface area contributed by atoms with E-state index in [0.29, 0.717) is 18.8 Å². The molecule has 1 heterocycles. The molecular formula is C20H20N2O3. The fraction of sp³-hybridized carbons (Fsp3) is 0.200. The first kappa shape index (κ1) is 16.8. The summed E-state index contributed by atoms with van der Waals surface area (Å²) in [6.07, 6.45) is 0. The van der Waals surface area contributed by atoms with E-state index in [1.165, 1.54) is 0 Å². The molecule has 0 aliphatic carbocycles. The van der Waals surface area contributed by atoms with Crippen molar-refractivity contribution in [2.24, 2.45) is 0 Å². The normalized spacial score (nSPS) is 10.5. The van der Waals surface area contributed by atoms with E-state index < -0.39 is 5.97 Å². The molecule has 0 aliphatic rings. The number of carbonyl (C=O) groups is 1. The molecule has 5 nitrogen and oxygen atoms in total. The highest BCUT2D eigenvalue weighted by Crippen LogP contribution is 2.24. The average Bonchev–Trinajstić information content (AvgIpc) is 3.07. The fourth-order valence-corrected chi connectivity index (χ4v) is 2.59. The molecule has 0 aliphatic heterocycles. The lowest BCUT2D eigenvalue weighted by Gasteiger charge is -2.08. The number of esters is 1. The number of aromatic nitrogens is 2. The number of rotatable bonds is 6. The first-order valence-electron chi connectivity index (χ1n) is 8.14. The third kappa shape index (κ3) is 3.88. The first-order chi connectivity index (χ1) is 12.2. The van der Waals surface area contributed by atoms with E-state index in [-0.39, 0.29) is 0 Å². The molecule has 0 fully saturated rings. The van der Waals surface area contributed by atoms with Gasteiger partial charge in [0.15, 0.2) is 5.69 Å². The van der Waals surface area contributed by atoms with Crippen molar-refractivity contribution in [1.82, 2.24) is 9.78 Å². The summed E-state index contributed by atoms with van der Waals surface area (Å²) in [5, 5.41) is 4.45. The standard InChI is InChI=1S/C20H20N2O3/c1-3-25-20(23)18-13-19(16-9-11-17(24-2)12-10-16)22(21-18)14-15-7-5-4-6-8-15/h4-13H,3,14H2,1-2H3. The molecule has 0 radical (unpaired) electrons. The Bertz CT molecular complexity index is 839. The molecule has 0 unspecified atom stereocenters. The molecule has 0 saturated carbocycles. The molecule has 25 heavy (non-hydrogen) atoms. The van der Waals surface area contributed by atoms with Crippen molar-refractivity contribution >= 4 is 5.97 Å². The van der Waals surface area contributed by atoms with Crippen molar-refractivity contribution in [3.05, 3.63) is 71.9 Å². The van der Waals surface area contributed by atoms with Crippen molar-refractivity contribution in [2.45, 2.75) is 13.5 Å². The van der Waals surface area contributed by atoms with Crippen LogP contribution in [0.1, 0.15) is 23.0 Å². The summed E-state index contributed by atoms with van der Waals surface area (Å²) in [5.41, 5.74) is 3.23. The Labute approximate surface area is 146 Å². The summed E-state index contributed by atoms with van der Waals surface area (Å²) in [6.45, 7) is 2.67. The van der Waals surface area contributed by atoms with Gasteiger partial charge in [-0.1, -0.05) is 30.3 Å². The van der Waals surface area contributed by atoms with Crippen LogP contribution >= 0.6 is 0 Å². The molecular weight excluding hydrogens is 316 g/mol. The summed E-state index contributed by atoms with van der Waals surface area (Å²) in [6, 6.07) is 19.4. The maximum absolute atomic E-state index is 12.1. The van der Waals surface area contributed by atoms with Crippen LogP contribution in [0.4, 0.5) is 0 Å². The van der Waals surface area contributed by atoms with Gasteiger partial charge in [0.05, 0.1) is 26.0 Å². The Morgan fingerprint density at radius 2 is 1.80 bits per heavy atom. The van der Waals surface area contributed by atoms with Gasteiger partial charge in [-0.05, 0) is 42.8 Å². The van der Waals surface area contributed by atoms with Gasteiger partial charge in [0.2, 0.25) is 0 Å². The number of hydrogen-bond donors (Lipinski definition) is 0. The van der Waals surface area contributed by atoms with E-state index in [1.807, 2.05) is 59.3 Å². The monoisotopic (exact) mass is 336 g/mol. The van der Waals surface area contributed by atoms with Crippen LogP contribution < -0.4 is 4.74 Å². The molecule has 3 rings (SSSR count). The van der Waals surface area contributed by atoms with Crippen molar-refractivity contribution in [1.29, 1.82) is 0 Å². The number of nitrogens with zero attached hydrogens (tertiary/aromatic N) is 2. The van der Waals surface area contributed by atoms with Crippen LogP contribution in [-0.2, 0) is 11.3 Å². The van der Waals surface area contributed by atoms with E-state index in [1.54, 1.807) is 20.1 Å². The highest BCUT2D eigenvalue weighted by atomic mass is 16.5. The second-order valence-electron chi connectivity index (χ2n) is 5.51. The van der Waals surface area contributed by atoms with E-state index in [2.05, 4.69) is 5.10 Å². The Morgan fingerprint density at radius 1 is 1.08 bits per heavy atom. The summed E-state index contributed by atoms with van der Waals surface area (Å²) < 4.78 is 12.1. The molecule has 0 saturated heterocycles. The Hall–Kier alpha value is -3.08. The van der Waals surface area contributed by atoms with E-state index in [4.69, 9.17) is 9.47 Å². The SMILES string of the molecule is CCOC(=O)c1cc(-c2ccc(OC)cc2)n(Cc2ccccc2)n1. The lowest BCUT2D eigenvalue weighted by molar-refractivity contribution is 0.0518. The highest BCUT2D eigenvalue weighted by Gasteiger charge is 2.16. The van der Waals surface area contributed by atoms with Gasteiger partial charge in [0.25, 0.3) is 0 Å². The summed E-state index contributed by atoms with van der Waals surface area (Å²) in [7, 11) is 1.63. The van der Waals surface area contributed by atoms with Crippen molar-refractivity contribution in [3.8, 4) is 17.0 Å². The second-order valence-corrected chi connectivity index (χ2v) is 5.51. The highest BCUT2D eigenvalue weighted by molar-refractivity contribution is 5.88. The molecule has 1 aromatic heterocycles. The Kier molecular flexibility index (Phi) is 5.14. The van der Waals surface area contributed by atoms with Gasteiger partial charge in [-0.15, -0.1) is 0 Å². The molecule has 0 amide bonds. The van der Waals surface area contributed by atoms with Gasteiger partial charge in [0, 0.05) is 5.56 Å². The first-order valence-corrected chi connectivity index (χ1v) is 8.14. The van der Waals surface area contributed by atoms with Gasteiger partial charge >= 0.3 is 5.97 Å².